The zero-order valence-corrected chi connectivity index (χ0v) is 29.2. The van der Waals surface area contributed by atoms with Crippen LogP contribution in [0.4, 0.5) is 0 Å². The molecule has 3 aromatic carbocycles. The minimum Gasteiger partial charge on any atom is -0.325 e. The van der Waals surface area contributed by atoms with E-state index in [1.165, 1.54) is 30.7 Å². The molecule has 0 N–H and O–H groups in total. The zero-order chi connectivity index (χ0) is 25.3. The molecule has 0 heterocycles. The van der Waals surface area contributed by atoms with Crippen LogP contribution in [0.25, 0.3) is 0 Å². The largest absolute Gasteiger partial charge is 0.325 e. The topological polar surface area (TPSA) is 0 Å². The van der Waals surface area contributed by atoms with Gasteiger partial charge in [-0.15, -0.1) is 0 Å². The van der Waals surface area contributed by atoms with E-state index in [1.807, 2.05) is 72.8 Å². The maximum absolute atomic E-state index is 3.39. The van der Waals surface area contributed by atoms with Crippen molar-refractivity contribution in [3.63, 3.8) is 0 Å². The molecule has 0 spiro atoms. The van der Waals surface area contributed by atoms with Gasteiger partial charge in [-0.3, -0.25) is 0 Å². The standard InChI is InChI=1S/C8H20N.3C6H6S2.Sb/c1-5-9(6-2,7-3)8-4;3*7-5-3-1-2-4-6(5)8;/h5-8H2,1-4H3;3*1-4,7-8H;/q+1;;;;/p+6. The van der Waals surface area contributed by atoms with Gasteiger partial charge in [0.2, 0.25) is 29.4 Å². The number of hydrogen-bond acceptors (Lipinski definition) is 0. The van der Waals surface area contributed by atoms with Gasteiger partial charge >= 0.3 is 0 Å². The molecule has 187 valence electrons. The quantitative estimate of drug-likeness (QED) is 0.226. The van der Waals surface area contributed by atoms with Crippen LogP contribution in [0.2, 0.25) is 0 Å². The summed E-state index contributed by atoms with van der Waals surface area (Å²) >= 11 is 20.4. The van der Waals surface area contributed by atoms with E-state index in [2.05, 4.69) is 103 Å². The molecule has 3 aromatic rings. The molecule has 0 atom stereocenters. The summed E-state index contributed by atoms with van der Waals surface area (Å²) in [5, 5.41) is 0. The Balaban J connectivity index is 0. The Morgan fingerprint density at radius 3 is 0.618 bits per heavy atom. The van der Waals surface area contributed by atoms with E-state index < -0.39 is 0 Å². The SMILES string of the molecule is CC[N+](CC)(CC)CC.[SH2+]c1ccccc1[SH2+].[SH2+]c1ccccc1[SH2+].[SH2+]c1ccccc1[SH2+].[Sb]. The van der Waals surface area contributed by atoms with Crippen LogP contribution < -0.4 is 0 Å². The molecule has 34 heavy (non-hydrogen) atoms. The van der Waals surface area contributed by atoms with Crippen molar-refractivity contribution in [3.8, 4) is 0 Å². The molecule has 3 radical (unpaired) electrons. The fourth-order valence-electron chi connectivity index (χ4n) is 2.79. The predicted molar refractivity (Wildman–Crippen MR) is 178 cm³/mol. The Morgan fingerprint density at radius 1 is 0.412 bits per heavy atom. The third-order valence-electron chi connectivity index (χ3n) is 5.46. The first-order valence-electron chi connectivity index (χ1n) is 11.1. The molecule has 0 saturated carbocycles. The van der Waals surface area contributed by atoms with Gasteiger partial charge in [0.1, 0.15) is 0 Å². The summed E-state index contributed by atoms with van der Waals surface area (Å²) in [5.41, 5.74) is 0. The molecule has 8 heteroatoms. The van der Waals surface area contributed by atoms with Gasteiger partial charge in [0, 0.05) is 24.4 Å². The Bertz CT molecular complexity index is 735. The van der Waals surface area contributed by atoms with Crippen LogP contribution in [0.3, 0.4) is 0 Å². The van der Waals surface area contributed by atoms with Crippen molar-refractivity contribution in [3.05, 3.63) is 72.8 Å². The molecule has 1 nitrogen and oxygen atoms in total. The van der Waals surface area contributed by atoms with Crippen molar-refractivity contribution in [1.29, 1.82) is 0 Å². The van der Waals surface area contributed by atoms with Crippen LogP contribution in [0.5, 0.6) is 0 Å². The Labute approximate surface area is 258 Å². The maximum Gasteiger partial charge on any atom is 0.204 e. The molecule has 0 aliphatic carbocycles. The summed E-state index contributed by atoms with van der Waals surface area (Å²) < 4.78 is 1.28. The second kappa shape index (κ2) is 21.6. The van der Waals surface area contributed by atoms with Crippen molar-refractivity contribution in [1.82, 2.24) is 0 Å². The number of hydrogen-bond donors (Lipinski definition) is 0. The van der Waals surface area contributed by atoms with Crippen LogP contribution in [0, 0.1) is 0 Å². The van der Waals surface area contributed by atoms with Crippen LogP contribution in [-0.4, -0.2) is 55.1 Å². The summed E-state index contributed by atoms with van der Waals surface area (Å²) in [7, 11) is 0. The Kier molecular flexibility index (Phi) is 23.3. The third kappa shape index (κ3) is 15.6. The smallest absolute Gasteiger partial charge is 0.204 e. The summed E-state index contributed by atoms with van der Waals surface area (Å²) in [4.78, 5) is 6.52. The molecule has 0 amide bonds. The van der Waals surface area contributed by atoms with E-state index in [0.29, 0.717) is 0 Å². The third-order valence-corrected chi connectivity index (χ3v) is 8.83. The van der Waals surface area contributed by atoms with Gasteiger partial charge in [0.15, 0.2) is 0 Å². The van der Waals surface area contributed by atoms with Crippen molar-refractivity contribution in [2.45, 2.75) is 57.1 Å². The minimum atomic E-state index is 0. The molecule has 0 bridgehead atoms. The monoisotopic (exact) mass is 683 g/mol. The van der Waals surface area contributed by atoms with Crippen LogP contribution >= 0.6 is 0 Å². The van der Waals surface area contributed by atoms with E-state index in [9.17, 15) is 0 Å². The molecule has 0 aromatic heterocycles. The van der Waals surface area contributed by atoms with Gasteiger partial charge in [-0.05, 0) is 140 Å². The first-order chi connectivity index (χ1) is 15.7. The first kappa shape index (κ1) is 36.7. The van der Waals surface area contributed by atoms with E-state index in [4.69, 9.17) is 0 Å². The molecular weight excluding hydrogens is 640 g/mol. The number of nitrogens with zero attached hydrogens (tertiary/aromatic N) is 1. The molecule has 0 aliphatic heterocycles. The summed E-state index contributed by atoms with van der Waals surface area (Å²) in [6.07, 6.45) is 0. The second-order valence-corrected chi connectivity index (χ2v) is 10.5. The van der Waals surface area contributed by atoms with E-state index >= 15 is 0 Å². The van der Waals surface area contributed by atoms with E-state index in [1.54, 1.807) is 0 Å². The van der Waals surface area contributed by atoms with Gasteiger partial charge in [0.25, 0.3) is 0 Å². The van der Waals surface area contributed by atoms with Crippen molar-refractivity contribution >= 4 is 100 Å². The van der Waals surface area contributed by atoms with Crippen molar-refractivity contribution in [2.75, 3.05) is 26.2 Å². The van der Waals surface area contributed by atoms with Gasteiger partial charge in [-0.25, -0.2) is 0 Å². The van der Waals surface area contributed by atoms with Gasteiger partial charge in [-0.1, -0.05) is 36.4 Å². The Morgan fingerprint density at radius 2 is 0.559 bits per heavy atom. The molecule has 0 fully saturated rings. The van der Waals surface area contributed by atoms with Crippen LogP contribution in [0.15, 0.2) is 102 Å². The fraction of sp³-hybridized carbons (Fsp3) is 0.308. The average molecular weight is 685 g/mol. The van der Waals surface area contributed by atoms with E-state index in [-0.39, 0.29) is 24.4 Å². The summed E-state index contributed by atoms with van der Waals surface area (Å²) in [6.45, 7) is 14.2. The summed E-state index contributed by atoms with van der Waals surface area (Å²) in [5.74, 6) is 0. The Hall–Kier alpha value is 0.538. The molecule has 0 aliphatic rings. The number of benzene rings is 3. The molecule has 0 unspecified atom stereocenters. The van der Waals surface area contributed by atoms with Crippen LogP contribution in [0.1, 0.15) is 27.7 Å². The van der Waals surface area contributed by atoms with Gasteiger partial charge < -0.3 is 4.48 Å². The van der Waals surface area contributed by atoms with Crippen molar-refractivity contribution < 1.29 is 4.48 Å². The summed E-state index contributed by atoms with van der Waals surface area (Å²) in [6, 6.07) is 23.8. The predicted octanol–water partition coefficient (Wildman–Crippen LogP) is 2.78. The first-order valence-corrected chi connectivity index (χ1v) is 14.1. The van der Waals surface area contributed by atoms with Gasteiger partial charge in [-0.2, -0.15) is 0 Å². The van der Waals surface area contributed by atoms with Gasteiger partial charge in [0.05, 0.1) is 26.2 Å². The second-order valence-electron chi connectivity index (χ2n) is 7.24. The van der Waals surface area contributed by atoms with E-state index in [0.717, 1.165) is 29.4 Å². The average Bonchev–Trinajstić information content (AvgIpc) is 2.83. The number of quaternary nitrogens is 1. The fourth-order valence-corrected chi connectivity index (χ4v) is 3.87. The minimum absolute atomic E-state index is 0. The normalized spacial score (nSPS) is 9.71. The molecular formula is C26H44NS6Sb+7. The molecule has 0 saturated heterocycles. The zero-order valence-electron chi connectivity index (χ0n) is 20.7. The molecule has 3 rings (SSSR count). The van der Waals surface area contributed by atoms with Crippen molar-refractivity contribution in [2.24, 2.45) is 0 Å². The number of rotatable bonds is 4. The van der Waals surface area contributed by atoms with Crippen LogP contribution in [-0.2, 0) is 75.8 Å². The maximum atomic E-state index is 3.39.